The molecular weight excluding hydrogens is 346 g/mol. The molecule has 146 valence electrons. The smallest absolute Gasteiger partial charge is 0.253 e. The molecule has 7 heteroatoms. The number of piperidine rings is 2. The summed E-state index contributed by atoms with van der Waals surface area (Å²) < 4.78 is 5.12. The molecule has 0 bridgehead atoms. The number of methoxy groups -OCH3 is 1. The van der Waals surface area contributed by atoms with E-state index >= 15 is 0 Å². The molecule has 1 aromatic rings. The van der Waals surface area contributed by atoms with Crippen molar-refractivity contribution in [1.29, 1.82) is 0 Å². The first kappa shape index (κ1) is 19.2. The van der Waals surface area contributed by atoms with Gasteiger partial charge in [-0.15, -0.1) is 0 Å². The van der Waals surface area contributed by atoms with E-state index in [4.69, 9.17) is 10.5 Å². The molecular formula is C20H27N3O4. The standard InChI is InChI=1S/C20H27N3O4/c1-27-17-4-2-15(3-5-17)19(25)23-12-8-16(9-13-23)20(26)22-10-6-14(7-11-22)18(21)24/h2-5,14,16H,6-13H2,1H3,(H2,21,24). The fraction of sp³-hybridized carbons (Fsp3) is 0.550. The molecule has 0 aromatic heterocycles. The molecule has 0 radical (unpaired) electrons. The van der Waals surface area contributed by atoms with E-state index in [1.165, 1.54) is 0 Å². The number of ether oxygens (including phenoxy) is 1. The highest BCUT2D eigenvalue weighted by molar-refractivity contribution is 5.94. The van der Waals surface area contributed by atoms with Gasteiger partial charge in [-0.25, -0.2) is 0 Å². The second-order valence-electron chi connectivity index (χ2n) is 7.30. The van der Waals surface area contributed by atoms with Crippen molar-refractivity contribution in [3.05, 3.63) is 29.8 Å². The lowest BCUT2D eigenvalue weighted by atomic mass is 9.91. The van der Waals surface area contributed by atoms with Gasteiger partial charge in [0.1, 0.15) is 5.75 Å². The van der Waals surface area contributed by atoms with E-state index in [1.54, 1.807) is 31.4 Å². The van der Waals surface area contributed by atoms with Crippen LogP contribution in [0.5, 0.6) is 5.75 Å². The van der Waals surface area contributed by atoms with Crippen LogP contribution in [0.1, 0.15) is 36.0 Å². The van der Waals surface area contributed by atoms with Crippen molar-refractivity contribution in [2.75, 3.05) is 33.3 Å². The van der Waals surface area contributed by atoms with Gasteiger partial charge in [-0.05, 0) is 49.9 Å². The van der Waals surface area contributed by atoms with Gasteiger partial charge in [0.2, 0.25) is 11.8 Å². The SMILES string of the molecule is COc1ccc(C(=O)N2CCC(C(=O)N3CCC(C(N)=O)CC3)CC2)cc1. The molecule has 27 heavy (non-hydrogen) atoms. The fourth-order valence-electron chi connectivity index (χ4n) is 3.89. The van der Waals surface area contributed by atoms with Crippen LogP contribution < -0.4 is 10.5 Å². The number of hydrogen-bond acceptors (Lipinski definition) is 4. The summed E-state index contributed by atoms with van der Waals surface area (Å²) in [6.45, 7) is 2.35. The Morgan fingerprint density at radius 2 is 1.41 bits per heavy atom. The normalized spacial score (nSPS) is 19.0. The molecule has 0 atom stereocenters. The zero-order valence-electron chi connectivity index (χ0n) is 15.7. The third-order valence-corrected chi connectivity index (χ3v) is 5.68. The van der Waals surface area contributed by atoms with Crippen LogP contribution in [0.2, 0.25) is 0 Å². The molecule has 2 aliphatic heterocycles. The predicted octanol–water partition coefficient (Wildman–Crippen LogP) is 1.27. The summed E-state index contributed by atoms with van der Waals surface area (Å²) in [7, 11) is 1.59. The summed E-state index contributed by atoms with van der Waals surface area (Å²) >= 11 is 0. The number of primary amides is 1. The highest BCUT2D eigenvalue weighted by Gasteiger charge is 2.33. The van der Waals surface area contributed by atoms with Crippen LogP contribution >= 0.6 is 0 Å². The van der Waals surface area contributed by atoms with Crippen LogP contribution in [-0.4, -0.2) is 60.8 Å². The average molecular weight is 373 g/mol. The lowest BCUT2D eigenvalue weighted by Crippen LogP contribution is -2.47. The van der Waals surface area contributed by atoms with Gasteiger partial charge < -0.3 is 20.3 Å². The van der Waals surface area contributed by atoms with Gasteiger partial charge in [0.05, 0.1) is 7.11 Å². The Morgan fingerprint density at radius 1 is 0.889 bits per heavy atom. The summed E-state index contributed by atoms with van der Waals surface area (Å²) in [5.74, 6) is 0.428. The van der Waals surface area contributed by atoms with Gasteiger partial charge >= 0.3 is 0 Å². The van der Waals surface area contributed by atoms with Gasteiger partial charge in [0, 0.05) is 43.6 Å². The molecule has 0 aliphatic carbocycles. The van der Waals surface area contributed by atoms with Crippen LogP contribution in [0, 0.1) is 11.8 Å². The third-order valence-electron chi connectivity index (χ3n) is 5.68. The van der Waals surface area contributed by atoms with Crippen molar-refractivity contribution in [2.45, 2.75) is 25.7 Å². The number of nitrogens with two attached hydrogens (primary N) is 1. The van der Waals surface area contributed by atoms with Gasteiger partial charge in [-0.3, -0.25) is 14.4 Å². The Labute approximate surface area is 159 Å². The summed E-state index contributed by atoms with van der Waals surface area (Å²) in [6.07, 6.45) is 2.65. The zero-order valence-corrected chi connectivity index (χ0v) is 15.7. The van der Waals surface area contributed by atoms with Crippen LogP contribution in [0.3, 0.4) is 0 Å². The maximum absolute atomic E-state index is 12.7. The van der Waals surface area contributed by atoms with Crippen molar-refractivity contribution in [1.82, 2.24) is 9.80 Å². The Morgan fingerprint density at radius 3 is 1.93 bits per heavy atom. The van der Waals surface area contributed by atoms with Crippen molar-refractivity contribution in [3.8, 4) is 5.75 Å². The third kappa shape index (κ3) is 4.40. The monoisotopic (exact) mass is 373 g/mol. The van der Waals surface area contributed by atoms with Crippen molar-refractivity contribution < 1.29 is 19.1 Å². The second kappa shape index (κ2) is 8.41. The lowest BCUT2D eigenvalue weighted by Gasteiger charge is -2.36. The van der Waals surface area contributed by atoms with Crippen LogP contribution in [0.15, 0.2) is 24.3 Å². The molecule has 2 saturated heterocycles. The van der Waals surface area contributed by atoms with Crippen molar-refractivity contribution in [3.63, 3.8) is 0 Å². The summed E-state index contributed by atoms with van der Waals surface area (Å²) in [5.41, 5.74) is 5.99. The molecule has 7 nitrogen and oxygen atoms in total. The number of rotatable bonds is 4. The average Bonchev–Trinajstić information content (AvgIpc) is 2.73. The molecule has 3 amide bonds. The molecule has 2 heterocycles. The number of amides is 3. The Hall–Kier alpha value is -2.57. The first-order chi connectivity index (χ1) is 13.0. The minimum Gasteiger partial charge on any atom is -0.497 e. The zero-order chi connectivity index (χ0) is 19.4. The number of nitrogens with zero attached hydrogens (tertiary/aromatic N) is 2. The van der Waals surface area contributed by atoms with Gasteiger partial charge in [-0.1, -0.05) is 0 Å². The van der Waals surface area contributed by atoms with Crippen LogP contribution in [0.4, 0.5) is 0 Å². The lowest BCUT2D eigenvalue weighted by molar-refractivity contribution is -0.139. The summed E-state index contributed by atoms with van der Waals surface area (Å²) in [4.78, 5) is 40.3. The summed E-state index contributed by atoms with van der Waals surface area (Å²) in [6, 6.07) is 7.08. The minimum atomic E-state index is -0.271. The molecule has 1 aromatic carbocycles. The number of likely N-dealkylation sites (tertiary alicyclic amines) is 2. The van der Waals surface area contributed by atoms with Gasteiger partial charge in [-0.2, -0.15) is 0 Å². The van der Waals surface area contributed by atoms with Crippen LogP contribution in [0.25, 0.3) is 0 Å². The molecule has 0 saturated carbocycles. The highest BCUT2D eigenvalue weighted by atomic mass is 16.5. The number of carbonyl (C=O) groups is 3. The Bertz CT molecular complexity index is 688. The Balaban J connectivity index is 1.50. The van der Waals surface area contributed by atoms with Crippen molar-refractivity contribution in [2.24, 2.45) is 17.6 Å². The maximum atomic E-state index is 12.7. The first-order valence-electron chi connectivity index (χ1n) is 9.51. The van der Waals surface area contributed by atoms with Gasteiger partial charge in [0.15, 0.2) is 0 Å². The van der Waals surface area contributed by atoms with E-state index < -0.39 is 0 Å². The molecule has 0 spiro atoms. The number of carbonyl (C=O) groups excluding carboxylic acids is 3. The molecule has 0 unspecified atom stereocenters. The van der Waals surface area contributed by atoms with E-state index in [0.29, 0.717) is 57.4 Å². The van der Waals surface area contributed by atoms with E-state index in [9.17, 15) is 14.4 Å². The van der Waals surface area contributed by atoms with Gasteiger partial charge in [0.25, 0.3) is 5.91 Å². The molecule has 2 aliphatic rings. The van der Waals surface area contributed by atoms with Crippen molar-refractivity contribution >= 4 is 17.7 Å². The van der Waals surface area contributed by atoms with E-state index in [-0.39, 0.29) is 29.6 Å². The number of hydrogen-bond donors (Lipinski definition) is 1. The Kier molecular flexibility index (Phi) is 5.98. The van der Waals surface area contributed by atoms with E-state index in [1.807, 2.05) is 9.80 Å². The summed E-state index contributed by atoms with van der Waals surface area (Å²) in [5, 5.41) is 0. The maximum Gasteiger partial charge on any atom is 0.253 e. The fourth-order valence-corrected chi connectivity index (χ4v) is 3.89. The molecule has 2 N–H and O–H groups in total. The quantitative estimate of drug-likeness (QED) is 0.860. The first-order valence-corrected chi connectivity index (χ1v) is 9.51. The largest absolute Gasteiger partial charge is 0.497 e. The molecule has 3 rings (SSSR count). The predicted molar refractivity (Wildman–Crippen MR) is 100 cm³/mol. The number of benzene rings is 1. The van der Waals surface area contributed by atoms with E-state index in [0.717, 1.165) is 5.75 Å². The van der Waals surface area contributed by atoms with Crippen LogP contribution in [-0.2, 0) is 9.59 Å². The van der Waals surface area contributed by atoms with E-state index in [2.05, 4.69) is 0 Å². The molecule has 2 fully saturated rings. The highest BCUT2D eigenvalue weighted by Crippen LogP contribution is 2.25. The minimum absolute atomic E-state index is 0.00850. The second-order valence-corrected chi connectivity index (χ2v) is 7.30. The topological polar surface area (TPSA) is 92.9 Å².